The molecule has 1 N–H and O–H groups in total. The van der Waals surface area contributed by atoms with Gasteiger partial charge in [0, 0.05) is 41.4 Å². The van der Waals surface area contributed by atoms with Gasteiger partial charge >= 0.3 is 0 Å². The molecule has 1 aromatic rings. The van der Waals surface area contributed by atoms with Gasteiger partial charge in [-0.3, -0.25) is 9.48 Å². The van der Waals surface area contributed by atoms with Gasteiger partial charge in [0.1, 0.15) is 0 Å². The van der Waals surface area contributed by atoms with E-state index in [2.05, 4.69) is 22.2 Å². The van der Waals surface area contributed by atoms with Crippen molar-refractivity contribution in [1.29, 1.82) is 0 Å². The van der Waals surface area contributed by atoms with E-state index >= 15 is 0 Å². The van der Waals surface area contributed by atoms with Crippen LogP contribution in [0.15, 0.2) is 17.1 Å². The number of rotatable bonds is 2. The van der Waals surface area contributed by atoms with Crippen molar-refractivity contribution >= 4 is 23.2 Å². The Morgan fingerprint density at radius 3 is 2.92 bits per heavy atom. The average Bonchev–Trinajstić information content (AvgIpc) is 3.36. The van der Waals surface area contributed by atoms with Crippen molar-refractivity contribution in [2.45, 2.75) is 31.1 Å². The Hall–Kier alpha value is -1.57. The first kappa shape index (κ1) is 16.6. The summed E-state index contributed by atoms with van der Waals surface area (Å²) in [5.41, 5.74) is 4.28. The Morgan fingerprint density at radius 2 is 2.12 bits per heavy atom. The van der Waals surface area contributed by atoms with Crippen LogP contribution < -0.4 is 5.32 Å². The molecule has 1 aromatic heterocycles. The summed E-state index contributed by atoms with van der Waals surface area (Å²) in [5.74, 6) is 0.906. The lowest BCUT2D eigenvalue weighted by atomic mass is 9.99. The summed E-state index contributed by atoms with van der Waals surface area (Å²) in [7, 11) is 0. The number of allylic oxidation sites excluding steroid dienone is 3. The Bertz CT molecular complexity index is 786. The molecule has 2 fully saturated rings. The monoisotopic (exact) mass is 372 g/mol. The normalized spacial score (nSPS) is 25.4. The molecule has 1 unspecified atom stereocenters. The van der Waals surface area contributed by atoms with Crippen LogP contribution in [0, 0.1) is 0 Å². The predicted molar refractivity (Wildman–Crippen MR) is 102 cm³/mol. The Morgan fingerprint density at radius 1 is 1.27 bits per heavy atom. The van der Waals surface area contributed by atoms with Crippen LogP contribution in [-0.2, 0) is 10.5 Å². The number of hydrogen-bond donors (Lipinski definition) is 1. The highest BCUT2D eigenvalue weighted by atomic mass is 32.2. The number of thioether (sulfide) groups is 1. The fourth-order valence-corrected chi connectivity index (χ4v) is 5.39. The van der Waals surface area contributed by atoms with Gasteiger partial charge in [0.15, 0.2) is 5.69 Å². The largest absolute Gasteiger partial charge is 0.378 e. The van der Waals surface area contributed by atoms with Crippen molar-refractivity contribution < 1.29 is 9.53 Å². The van der Waals surface area contributed by atoms with Crippen LogP contribution >= 0.6 is 11.8 Å². The van der Waals surface area contributed by atoms with Gasteiger partial charge in [0.25, 0.3) is 5.91 Å². The zero-order valence-electron chi connectivity index (χ0n) is 14.9. The average molecular weight is 372 g/mol. The third-order valence-corrected chi connectivity index (χ3v) is 6.76. The summed E-state index contributed by atoms with van der Waals surface area (Å²) >= 11 is 1.85. The van der Waals surface area contributed by atoms with E-state index in [0.29, 0.717) is 38.0 Å². The molecule has 0 saturated carbocycles. The second kappa shape index (κ2) is 6.87. The van der Waals surface area contributed by atoms with Crippen LogP contribution in [0.5, 0.6) is 0 Å². The first-order chi connectivity index (χ1) is 12.8. The molecule has 2 saturated heterocycles. The van der Waals surface area contributed by atoms with Gasteiger partial charge in [-0.25, -0.2) is 0 Å². The summed E-state index contributed by atoms with van der Waals surface area (Å²) in [6.45, 7) is 4.50. The van der Waals surface area contributed by atoms with Gasteiger partial charge in [-0.1, -0.05) is 12.2 Å². The molecule has 138 valence electrons. The number of nitrogens with one attached hydrogen (secondary N) is 1. The molecule has 4 heterocycles. The van der Waals surface area contributed by atoms with Gasteiger partial charge < -0.3 is 15.0 Å². The van der Waals surface area contributed by atoms with Crippen molar-refractivity contribution in [2.75, 3.05) is 39.4 Å². The van der Waals surface area contributed by atoms with Crippen molar-refractivity contribution in [3.63, 3.8) is 0 Å². The fraction of sp³-hybridized carbons (Fsp3) is 0.579. The minimum Gasteiger partial charge on any atom is -0.378 e. The molecule has 6 nitrogen and oxygen atoms in total. The number of aromatic nitrogens is 2. The Labute approximate surface area is 157 Å². The maximum Gasteiger partial charge on any atom is 0.274 e. The maximum atomic E-state index is 13.2. The molecule has 3 aliphatic heterocycles. The first-order valence-corrected chi connectivity index (χ1v) is 10.5. The van der Waals surface area contributed by atoms with E-state index in [9.17, 15) is 4.79 Å². The lowest BCUT2D eigenvalue weighted by Gasteiger charge is -2.27. The number of hydrogen-bond acceptors (Lipinski definition) is 5. The zero-order chi connectivity index (χ0) is 17.5. The molecule has 5 rings (SSSR count). The van der Waals surface area contributed by atoms with Crippen LogP contribution in [-0.4, -0.2) is 60.0 Å². The molecule has 1 atom stereocenters. The summed E-state index contributed by atoms with van der Waals surface area (Å²) < 4.78 is 7.57. The van der Waals surface area contributed by atoms with Gasteiger partial charge in [0.05, 0.1) is 24.9 Å². The van der Waals surface area contributed by atoms with E-state index in [1.807, 2.05) is 16.7 Å². The number of amides is 1. The van der Waals surface area contributed by atoms with E-state index < -0.39 is 0 Å². The van der Waals surface area contributed by atoms with Crippen LogP contribution in [0.2, 0.25) is 0 Å². The molecular weight excluding hydrogens is 348 g/mol. The van der Waals surface area contributed by atoms with Crippen molar-refractivity contribution in [3.05, 3.63) is 34.0 Å². The molecule has 0 aromatic carbocycles. The van der Waals surface area contributed by atoms with Gasteiger partial charge in [-0.15, -0.1) is 11.8 Å². The fourth-order valence-electron chi connectivity index (χ4n) is 4.24. The molecule has 0 bridgehead atoms. The molecule has 0 spiro atoms. The molecule has 4 aliphatic rings. The first-order valence-electron chi connectivity index (χ1n) is 9.56. The zero-order valence-corrected chi connectivity index (χ0v) is 15.7. The molecule has 7 heteroatoms. The number of morpholine rings is 1. The molecular formula is C19H24N4O2S. The van der Waals surface area contributed by atoms with Crippen LogP contribution in [0.1, 0.15) is 47.1 Å². The van der Waals surface area contributed by atoms with E-state index in [-0.39, 0.29) is 5.91 Å². The summed E-state index contributed by atoms with van der Waals surface area (Å²) in [5, 5.41) is 8.34. The highest BCUT2D eigenvalue weighted by molar-refractivity contribution is 8.03. The summed E-state index contributed by atoms with van der Waals surface area (Å²) in [6.07, 6.45) is 7.93. The lowest BCUT2D eigenvalue weighted by molar-refractivity contribution is 0.0297. The van der Waals surface area contributed by atoms with Gasteiger partial charge in [0.2, 0.25) is 0 Å². The third kappa shape index (κ3) is 2.73. The number of fused-ring (bicyclic) bond motifs is 3. The second-order valence-corrected chi connectivity index (χ2v) is 8.24. The third-order valence-electron chi connectivity index (χ3n) is 5.63. The smallest absolute Gasteiger partial charge is 0.274 e. The molecule has 26 heavy (non-hydrogen) atoms. The molecule has 1 aliphatic carbocycles. The quantitative estimate of drug-likeness (QED) is 0.862. The highest BCUT2D eigenvalue weighted by Crippen LogP contribution is 2.46. The number of carbonyl (C=O) groups excluding carboxylic acids is 1. The topological polar surface area (TPSA) is 59.4 Å². The maximum absolute atomic E-state index is 13.2. The van der Waals surface area contributed by atoms with Crippen molar-refractivity contribution in [2.24, 2.45) is 0 Å². The lowest BCUT2D eigenvalue weighted by Crippen LogP contribution is -2.41. The Kier molecular flexibility index (Phi) is 4.38. The molecule has 0 radical (unpaired) electrons. The minimum absolute atomic E-state index is 0.0682. The van der Waals surface area contributed by atoms with Crippen LogP contribution in [0.25, 0.3) is 5.57 Å². The minimum atomic E-state index is 0.0682. The Balaban J connectivity index is 1.59. The standard InChI is InChI=1S/C19H24N4O2S/c24-19(22-7-9-25-10-8-22)17-15-12-26-16-4-2-1-3-14(16)18(15)23(21-17)13-5-6-20-11-13/h3-4,13,20H,1-2,5-12H2. The summed E-state index contributed by atoms with van der Waals surface area (Å²) in [6, 6.07) is 0.335. The van der Waals surface area contributed by atoms with Crippen molar-refractivity contribution in [1.82, 2.24) is 20.0 Å². The van der Waals surface area contributed by atoms with E-state index in [1.165, 1.54) is 16.2 Å². The van der Waals surface area contributed by atoms with Gasteiger partial charge in [-0.05, 0) is 25.8 Å². The number of ether oxygens (including phenoxy) is 1. The number of carbonyl (C=O) groups is 1. The van der Waals surface area contributed by atoms with E-state index in [4.69, 9.17) is 9.84 Å². The number of nitrogens with zero attached hydrogens (tertiary/aromatic N) is 3. The predicted octanol–water partition coefficient (Wildman–Crippen LogP) is 2.20. The second-order valence-electron chi connectivity index (χ2n) is 7.22. The molecule has 1 amide bonds. The van der Waals surface area contributed by atoms with E-state index in [0.717, 1.165) is 43.7 Å². The van der Waals surface area contributed by atoms with Crippen LogP contribution in [0.3, 0.4) is 0 Å². The summed E-state index contributed by atoms with van der Waals surface area (Å²) in [4.78, 5) is 16.5. The highest BCUT2D eigenvalue weighted by Gasteiger charge is 2.35. The SMILES string of the molecule is O=C(c1nn(C2CCNC2)c2c1CSC1=CCCC=C12)N1CCOCC1. The van der Waals surface area contributed by atoms with Gasteiger partial charge in [-0.2, -0.15) is 5.10 Å². The van der Waals surface area contributed by atoms with Crippen LogP contribution in [0.4, 0.5) is 0 Å². The van der Waals surface area contributed by atoms with Crippen molar-refractivity contribution in [3.8, 4) is 0 Å². The van der Waals surface area contributed by atoms with E-state index in [1.54, 1.807) is 0 Å².